The topological polar surface area (TPSA) is 124 Å². The van der Waals surface area contributed by atoms with Crippen molar-refractivity contribution in [2.75, 3.05) is 44.7 Å². The van der Waals surface area contributed by atoms with Crippen molar-refractivity contribution in [3.63, 3.8) is 0 Å². The number of nitrogens with zero attached hydrogens (tertiary/aromatic N) is 2. The Kier molecular flexibility index (Phi) is 10.5. The van der Waals surface area contributed by atoms with Gasteiger partial charge >= 0.3 is 11.9 Å². The average molecular weight is 620 g/mol. The number of hydrogen-bond donors (Lipinski definition) is 1. The summed E-state index contributed by atoms with van der Waals surface area (Å²) in [5, 5.41) is 3.02. The maximum absolute atomic E-state index is 13.8. The number of methoxy groups -OCH3 is 3. The number of ether oxygens (including phenoxy) is 4. The number of esters is 2. The molecule has 1 unspecified atom stereocenters. The minimum Gasteiger partial charge on any atom is -0.493 e. The number of carbonyl (C=O) groups is 4. The van der Waals surface area contributed by atoms with E-state index in [1.54, 1.807) is 68.5 Å². The van der Waals surface area contributed by atoms with Crippen molar-refractivity contribution in [1.82, 2.24) is 4.90 Å². The van der Waals surface area contributed by atoms with Gasteiger partial charge in [-0.2, -0.15) is 0 Å². The van der Waals surface area contributed by atoms with E-state index in [1.807, 2.05) is 12.1 Å². The summed E-state index contributed by atoms with van der Waals surface area (Å²) in [5.74, 6) is -0.583. The predicted octanol–water partition coefficient (Wildman–Crippen LogP) is 4.24. The summed E-state index contributed by atoms with van der Waals surface area (Å²) in [4.78, 5) is 54.0. The zero-order chi connectivity index (χ0) is 31.8. The van der Waals surface area contributed by atoms with E-state index < -0.39 is 23.9 Å². The first-order valence-electron chi connectivity index (χ1n) is 13.8. The van der Waals surface area contributed by atoms with Crippen LogP contribution in [0.5, 0.6) is 11.5 Å². The van der Waals surface area contributed by atoms with Crippen LogP contribution in [0.1, 0.15) is 39.6 Å². The molecule has 1 aliphatic rings. The van der Waals surface area contributed by atoms with E-state index in [2.05, 4.69) is 5.32 Å². The lowest BCUT2D eigenvalue weighted by Gasteiger charge is -2.24. The molecule has 0 saturated carbocycles. The van der Waals surface area contributed by atoms with Gasteiger partial charge in [-0.1, -0.05) is 6.07 Å². The van der Waals surface area contributed by atoms with Crippen LogP contribution in [0.2, 0.25) is 0 Å². The third-order valence-electron chi connectivity index (χ3n) is 7.01. The number of nitrogens with one attached hydrogen (secondary N) is 1. The number of thiocarbonyl (C=S) groups is 1. The van der Waals surface area contributed by atoms with Crippen LogP contribution < -0.4 is 19.7 Å². The van der Waals surface area contributed by atoms with Gasteiger partial charge in [0.1, 0.15) is 6.04 Å². The third-order valence-corrected chi connectivity index (χ3v) is 7.43. The molecule has 1 saturated heterocycles. The zero-order valence-electron chi connectivity index (χ0n) is 24.8. The predicted molar refractivity (Wildman–Crippen MR) is 167 cm³/mol. The first-order valence-corrected chi connectivity index (χ1v) is 14.2. The molecule has 1 atom stereocenters. The number of benzene rings is 3. The SMILES string of the molecule is CCOC(=O)c1ccc(N2C(=O)C(CC(=O)Nc3ccc(C(=O)OC)cc3)N(CCc3ccc(OC)c(OC)c3)C2=S)cc1. The summed E-state index contributed by atoms with van der Waals surface area (Å²) in [6.45, 7) is 2.30. The van der Waals surface area contributed by atoms with Crippen LogP contribution in [0.15, 0.2) is 66.7 Å². The lowest BCUT2D eigenvalue weighted by molar-refractivity contribution is -0.124. The van der Waals surface area contributed by atoms with Crippen LogP contribution >= 0.6 is 12.2 Å². The maximum Gasteiger partial charge on any atom is 0.338 e. The fourth-order valence-electron chi connectivity index (χ4n) is 4.77. The molecule has 3 aromatic carbocycles. The van der Waals surface area contributed by atoms with Gasteiger partial charge in [0.05, 0.1) is 51.2 Å². The Balaban J connectivity index is 1.56. The highest BCUT2D eigenvalue weighted by Gasteiger charge is 2.44. The number of anilines is 2. The van der Waals surface area contributed by atoms with E-state index in [0.717, 1.165) is 5.56 Å². The molecule has 0 aromatic heterocycles. The van der Waals surface area contributed by atoms with Crippen molar-refractivity contribution in [3.8, 4) is 11.5 Å². The quantitative estimate of drug-likeness (QED) is 0.233. The van der Waals surface area contributed by atoms with E-state index in [1.165, 1.54) is 24.1 Å². The van der Waals surface area contributed by atoms with Gasteiger partial charge in [-0.15, -0.1) is 0 Å². The Morgan fingerprint density at radius 2 is 1.50 bits per heavy atom. The first-order chi connectivity index (χ1) is 21.2. The number of rotatable bonds is 12. The molecule has 12 heteroatoms. The molecular weight excluding hydrogens is 586 g/mol. The summed E-state index contributed by atoms with van der Waals surface area (Å²) in [6, 6.07) is 17.3. The molecule has 11 nitrogen and oxygen atoms in total. The minimum atomic E-state index is -0.887. The van der Waals surface area contributed by atoms with Gasteiger partial charge in [0, 0.05) is 12.2 Å². The second-order valence-electron chi connectivity index (χ2n) is 9.69. The largest absolute Gasteiger partial charge is 0.493 e. The number of carbonyl (C=O) groups excluding carboxylic acids is 4. The second kappa shape index (κ2) is 14.5. The Hall–Kier alpha value is -4.97. The Labute approximate surface area is 260 Å². The van der Waals surface area contributed by atoms with Gasteiger partial charge in [0.25, 0.3) is 5.91 Å². The maximum atomic E-state index is 13.8. The molecular formula is C32H33N3O8S. The molecule has 1 fully saturated rings. The molecule has 1 heterocycles. The molecule has 3 aromatic rings. The smallest absolute Gasteiger partial charge is 0.338 e. The van der Waals surface area contributed by atoms with Crippen molar-refractivity contribution in [2.24, 2.45) is 0 Å². The fraction of sp³-hybridized carbons (Fsp3) is 0.281. The monoisotopic (exact) mass is 619 g/mol. The summed E-state index contributed by atoms with van der Waals surface area (Å²) in [6.07, 6.45) is 0.317. The molecule has 0 radical (unpaired) electrons. The molecule has 1 N–H and O–H groups in total. The molecule has 0 bridgehead atoms. The lowest BCUT2D eigenvalue weighted by atomic mass is 10.1. The normalized spacial score (nSPS) is 14.3. The third kappa shape index (κ3) is 7.14. The summed E-state index contributed by atoms with van der Waals surface area (Å²) in [7, 11) is 4.40. The molecule has 0 spiro atoms. The van der Waals surface area contributed by atoms with Gasteiger partial charge in [0.2, 0.25) is 5.91 Å². The highest BCUT2D eigenvalue weighted by molar-refractivity contribution is 7.80. The van der Waals surface area contributed by atoms with E-state index >= 15 is 0 Å². The summed E-state index contributed by atoms with van der Waals surface area (Å²) >= 11 is 5.78. The highest BCUT2D eigenvalue weighted by Crippen LogP contribution is 2.30. The van der Waals surface area contributed by atoms with E-state index in [4.69, 9.17) is 31.2 Å². The standard InChI is InChI=1S/C32H33N3O8S/c1-5-43-31(39)22-9-13-24(14-10-22)35-29(37)25(19-28(36)33-23-11-7-21(8-12-23)30(38)42-4)34(32(35)44)17-16-20-6-15-26(40-2)27(18-20)41-3/h6-15,18,25H,5,16-17,19H2,1-4H3,(H,33,36). The lowest BCUT2D eigenvalue weighted by Crippen LogP contribution is -2.39. The zero-order valence-corrected chi connectivity index (χ0v) is 25.6. The van der Waals surface area contributed by atoms with Gasteiger partial charge < -0.3 is 29.2 Å². The molecule has 44 heavy (non-hydrogen) atoms. The van der Waals surface area contributed by atoms with Crippen LogP contribution in [-0.2, 0) is 25.5 Å². The molecule has 2 amide bonds. The molecule has 4 rings (SSSR count). The molecule has 1 aliphatic heterocycles. The van der Waals surface area contributed by atoms with Crippen LogP contribution in [0, 0.1) is 0 Å². The number of hydrogen-bond acceptors (Lipinski definition) is 9. The number of amides is 2. The van der Waals surface area contributed by atoms with Gasteiger partial charge in [-0.3, -0.25) is 14.5 Å². The Bertz CT molecular complexity index is 1540. The Morgan fingerprint density at radius 3 is 2.11 bits per heavy atom. The van der Waals surface area contributed by atoms with Crippen molar-refractivity contribution in [1.29, 1.82) is 0 Å². The Morgan fingerprint density at radius 1 is 0.864 bits per heavy atom. The fourth-order valence-corrected chi connectivity index (χ4v) is 5.18. The summed E-state index contributed by atoms with van der Waals surface area (Å²) in [5.41, 5.74) is 2.52. The van der Waals surface area contributed by atoms with Crippen molar-refractivity contribution in [3.05, 3.63) is 83.4 Å². The van der Waals surface area contributed by atoms with Gasteiger partial charge in [-0.05, 0) is 91.8 Å². The van der Waals surface area contributed by atoms with E-state index in [0.29, 0.717) is 47.0 Å². The summed E-state index contributed by atoms with van der Waals surface area (Å²) < 4.78 is 20.5. The van der Waals surface area contributed by atoms with E-state index in [9.17, 15) is 19.2 Å². The van der Waals surface area contributed by atoms with Crippen LogP contribution in [0.3, 0.4) is 0 Å². The average Bonchev–Trinajstić information content (AvgIpc) is 3.27. The molecule has 0 aliphatic carbocycles. The first kappa shape index (κ1) is 32.0. The van der Waals surface area contributed by atoms with Crippen LogP contribution in [0.4, 0.5) is 11.4 Å². The van der Waals surface area contributed by atoms with Crippen LogP contribution in [-0.4, -0.2) is 74.3 Å². The van der Waals surface area contributed by atoms with Crippen molar-refractivity contribution < 1.29 is 38.1 Å². The highest BCUT2D eigenvalue weighted by atomic mass is 32.1. The second-order valence-corrected chi connectivity index (χ2v) is 10.1. The van der Waals surface area contributed by atoms with Gasteiger partial charge in [-0.25, -0.2) is 9.59 Å². The van der Waals surface area contributed by atoms with Crippen molar-refractivity contribution in [2.45, 2.75) is 25.8 Å². The minimum absolute atomic E-state index is 0.179. The van der Waals surface area contributed by atoms with Gasteiger partial charge in [0.15, 0.2) is 16.6 Å². The molecule has 230 valence electrons. The van der Waals surface area contributed by atoms with E-state index in [-0.39, 0.29) is 24.0 Å². The van der Waals surface area contributed by atoms with Crippen LogP contribution in [0.25, 0.3) is 0 Å². The van der Waals surface area contributed by atoms with Crippen molar-refractivity contribution >= 4 is 52.5 Å².